The first-order valence-corrected chi connectivity index (χ1v) is 23.3. The fraction of sp³-hybridized carbons (Fsp3) is 0.426. The number of H-pyrrole nitrogens is 1. The molecule has 2 saturated carbocycles. The minimum absolute atomic E-state index is 0.00580. The van der Waals surface area contributed by atoms with Gasteiger partial charge in [-0.1, -0.05) is 30.3 Å². The average molecular weight is 877 g/mol. The molecule has 3 fully saturated rings. The van der Waals surface area contributed by atoms with Crippen LogP contribution in [0, 0.1) is 25.6 Å². The van der Waals surface area contributed by atoms with Crippen LogP contribution in [0.2, 0.25) is 0 Å². The number of hydrogen-bond donors (Lipinski definition) is 1. The van der Waals surface area contributed by atoms with Gasteiger partial charge in [0.1, 0.15) is 17.1 Å². The lowest BCUT2D eigenvalue weighted by atomic mass is 9.91. The van der Waals surface area contributed by atoms with Crippen molar-refractivity contribution in [2.24, 2.45) is 5.92 Å². The Hall–Kier alpha value is -5.87. The second-order valence-corrected chi connectivity index (χ2v) is 20.0. The van der Waals surface area contributed by atoms with Crippen LogP contribution in [0.5, 0.6) is 6.01 Å². The van der Waals surface area contributed by atoms with Gasteiger partial charge in [0.25, 0.3) is 11.5 Å². The largest absolute Gasteiger partial charge is 0.464 e. The van der Waals surface area contributed by atoms with E-state index in [1.54, 1.807) is 55.1 Å². The second-order valence-electron chi connectivity index (χ2n) is 17.7. The van der Waals surface area contributed by atoms with Crippen LogP contribution in [0.3, 0.4) is 0 Å². The Morgan fingerprint density at radius 3 is 2.35 bits per heavy atom. The summed E-state index contributed by atoms with van der Waals surface area (Å²) in [5.74, 6) is -0.616. The smallest absolute Gasteiger partial charge is 0.438 e. The quantitative estimate of drug-likeness (QED) is 0.149. The van der Waals surface area contributed by atoms with E-state index in [1.807, 2.05) is 23.6 Å². The van der Waals surface area contributed by atoms with E-state index in [4.69, 9.17) is 19.0 Å². The number of ether oxygens (including phenoxy) is 2. The summed E-state index contributed by atoms with van der Waals surface area (Å²) >= 11 is 0. The summed E-state index contributed by atoms with van der Waals surface area (Å²) in [7, 11) is -3.33. The fourth-order valence-corrected chi connectivity index (χ4v) is 11.5. The molecular weight excluding hydrogens is 828 g/mol. The Morgan fingerprint density at radius 2 is 1.70 bits per heavy atom. The van der Waals surface area contributed by atoms with Crippen LogP contribution in [0.1, 0.15) is 108 Å². The van der Waals surface area contributed by atoms with Gasteiger partial charge in [0.2, 0.25) is 0 Å². The number of aryl methyl sites for hydroxylation is 2. The van der Waals surface area contributed by atoms with Gasteiger partial charge < -0.3 is 18.9 Å². The number of nitrogens with zero attached hydrogens (tertiary/aromatic N) is 5. The summed E-state index contributed by atoms with van der Waals surface area (Å²) < 4.78 is 60.8. The molecule has 3 aromatic carbocycles. The number of nitrogens with one attached hydrogen (secondary N) is 1. The van der Waals surface area contributed by atoms with Gasteiger partial charge in [-0.15, -0.1) is 0 Å². The van der Waals surface area contributed by atoms with E-state index in [-0.39, 0.29) is 54.0 Å². The molecule has 14 nitrogen and oxygen atoms in total. The lowest BCUT2D eigenvalue weighted by Crippen LogP contribution is -2.44. The molecule has 2 aliphatic heterocycles. The van der Waals surface area contributed by atoms with Crippen LogP contribution >= 0.6 is 0 Å². The van der Waals surface area contributed by atoms with E-state index in [1.165, 1.54) is 10.1 Å². The van der Waals surface area contributed by atoms with E-state index in [0.29, 0.717) is 89.3 Å². The van der Waals surface area contributed by atoms with Gasteiger partial charge in [0.05, 0.1) is 34.2 Å². The molecule has 63 heavy (non-hydrogen) atoms. The highest BCUT2D eigenvalue weighted by molar-refractivity contribution is 7.92. The van der Waals surface area contributed by atoms with Crippen molar-refractivity contribution >= 4 is 26.6 Å². The minimum Gasteiger partial charge on any atom is -0.464 e. The molecule has 1 amide bonds. The average Bonchev–Trinajstić information content (AvgIpc) is 4.17. The molecule has 2 aliphatic carbocycles. The van der Waals surface area contributed by atoms with Crippen molar-refractivity contribution in [3.63, 3.8) is 0 Å². The zero-order valence-corrected chi connectivity index (χ0v) is 36.5. The van der Waals surface area contributed by atoms with Crippen molar-refractivity contribution in [1.82, 2.24) is 29.2 Å². The Morgan fingerprint density at radius 1 is 0.984 bits per heavy atom. The standard InChI is InChI=1S/C47H49FN6O8S/c1-26-21-34(22-27(2)40(26)48)53-42(55)37-13-17-52(29(4)41(37)49-45(53)61-20-14-30-5-8-35(9-6-30)63(58,59)36-10-11-36)43(56)39-24-33-23-32(31-15-18-60-19-16-31)7-12-38(33)54(39)47(25-28(47)3)44-50-46(57)62-51-44/h5-9,12,21-24,28-29,31,36H,10-11,13-20,25H2,1-4H3,(H,50,51,57)/t28-,29-,47-/m0/s1. The van der Waals surface area contributed by atoms with Gasteiger partial charge in [0.15, 0.2) is 15.7 Å². The number of halogens is 1. The fourth-order valence-electron chi connectivity index (χ4n) is 9.86. The maximum Gasteiger partial charge on any atom is 0.438 e. The van der Waals surface area contributed by atoms with Crippen LogP contribution < -0.4 is 16.1 Å². The molecule has 3 aromatic heterocycles. The van der Waals surface area contributed by atoms with Crippen LogP contribution in [-0.4, -0.2) is 75.1 Å². The number of aromatic amines is 1. The van der Waals surface area contributed by atoms with Gasteiger partial charge in [-0.3, -0.25) is 19.1 Å². The molecule has 3 atom stereocenters. The molecule has 1 saturated heterocycles. The van der Waals surface area contributed by atoms with Crippen LogP contribution in [0.15, 0.2) is 79.7 Å². The zero-order chi connectivity index (χ0) is 43.9. The number of fused-ring (bicyclic) bond motifs is 2. The van der Waals surface area contributed by atoms with E-state index >= 15 is 4.79 Å². The number of carbonyl (C=O) groups excluding carboxylic acids is 1. The molecule has 0 bridgehead atoms. The SMILES string of the molecule is Cc1cc(-n2c(OCCc3ccc(S(=O)(=O)C4CC4)cc3)nc3c(c2=O)CCN(C(=O)c2cc4cc(C5CCOCC5)ccc4n2[C@@]2(c4noc(=O)[nH]4)C[C@@H]2C)[C@H]3C)cc(C)c1F. The molecule has 16 heteroatoms. The molecule has 0 radical (unpaired) electrons. The zero-order valence-electron chi connectivity index (χ0n) is 35.6. The Kier molecular flexibility index (Phi) is 10.1. The maximum atomic E-state index is 15.2. The highest BCUT2D eigenvalue weighted by Crippen LogP contribution is 2.56. The van der Waals surface area contributed by atoms with Crippen molar-refractivity contribution in [3.8, 4) is 11.7 Å². The first-order valence-electron chi connectivity index (χ1n) is 21.8. The lowest BCUT2D eigenvalue weighted by Gasteiger charge is -2.35. The number of aromatic nitrogens is 5. The summed E-state index contributed by atoms with van der Waals surface area (Å²) in [5.41, 5.74) is 4.00. The Balaban J connectivity index is 1.02. The minimum atomic E-state index is -3.33. The second kappa shape index (κ2) is 15.4. The Labute approximate surface area is 362 Å². The van der Waals surface area contributed by atoms with Crippen molar-refractivity contribution in [3.05, 3.63) is 132 Å². The predicted octanol–water partition coefficient (Wildman–Crippen LogP) is 6.61. The van der Waals surface area contributed by atoms with Gasteiger partial charge in [-0.25, -0.2) is 22.2 Å². The van der Waals surface area contributed by atoms with Crippen molar-refractivity contribution < 1.29 is 31.6 Å². The Bertz CT molecular complexity index is 3010. The monoisotopic (exact) mass is 876 g/mol. The molecule has 10 rings (SSSR count). The molecule has 0 spiro atoms. The predicted molar refractivity (Wildman–Crippen MR) is 231 cm³/mol. The van der Waals surface area contributed by atoms with Crippen LogP contribution in [0.4, 0.5) is 4.39 Å². The normalized spacial score (nSPS) is 21.4. The number of hydrogen-bond acceptors (Lipinski definition) is 10. The lowest BCUT2D eigenvalue weighted by molar-refractivity contribution is 0.0656. The highest BCUT2D eigenvalue weighted by Gasteiger charge is 2.59. The first-order chi connectivity index (χ1) is 30.3. The summed E-state index contributed by atoms with van der Waals surface area (Å²) in [6.07, 6.45) is 4.39. The first kappa shape index (κ1) is 41.2. The van der Waals surface area contributed by atoms with Crippen LogP contribution in [-0.2, 0) is 33.0 Å². The van der Waals surface area contributed by atoms with E-state index < -0.39 is 27.2 Å². The summed E-state index contributed by atoms with van der Waals surface area (Å²) in [4.78, 5) is 52.0. The third-order valence-electron chi connectivity index (χ3n) is 13.7. The van der Waals surface area contributed by atoms with Gasteiger partial charge in [-0.05, 0) is 136 Å². The van der Waals surface area contributed by atoms with Gasteiger partial charge in [0, 0.05) is 42.6 Å². The van der Waals surface area contributed by atoms with Crippen molar-refractivity contribution in [2.45, 2.75) is 100 Å². The molecular formula is C47H49FN6O8S. The molecule has 4 aliphatic rings. The molecule has 0 unspecified atom stereocenters. The number of carbonyl (C=O) groups is 1. The number of benzene rings is 3. The summed E-state index contributed by atoms with van der Waals surface area (Å²) in [6, 6.07) is 17.5. The van der Waals surface area contributed by atoms with E-state index in [2.05, 4.69) is 29.2 Å². The molecule has 6 aromatic rings. The highest BCUT2D eigenvalue weighted by atomic mass is 32.2. The van der Waals surface area contributed by atoms with Gasteiger partial charge in [-0.2, -0.15) is 4.98 Å². The number of sulfone groups is 1. The molecule has 328 valence electrons. The number of rotatable bonds is 11. The third kappa shape index (κ3) is 7.01. The molecule has 5 heterocycles. The van der Waals surface area contributed by atoms with Crippen molar-refractivity contribution in [1.29, 1.82) is 0 Å². The van der Waals surface area contributed by atoms with E-state index in [9.17, 15) is 22.4 Å². The summed E-state index contributed by atoms with van der Waals surface area (Å²) in [5, 5.41) is 4.71. The maximum absolute atomic E-state index is 15.2. The third-order valence-corrected chi connectivity index (χ3v) is 16.0. The van der Waals surface area contributed by atoms with Crippen molar-refractivity contribution in [2.75, 3.05) is 26.4 Å². The number of amides is 1. The van der Waals surface area contributed by atoms with E-state index in [0.717, 1.165) is 29.3 Å². The van der Waals surface area contributed by atoms with Gasteiger partial charge >= 0.3 is 11.8 Å². The topological polar surface area (TPSA) is 172 Å². The summed E-state index contributed by atoms with van der Waals surface area (Å²) in [6.45, 7) is 8.88. The molecule has 1 N–H and O–H groups in total. The van der Waals surface area contributed by atoms with Crippen LogP contribution in [0.25, 0.3) is 16.6 Å².